The topological polar surface area (TPSA) is 12.0 Å². The van der Waals surface area contributed by atoms with Crippen LogP contribution in [0, 0.1) is 12.7 Å². The largest absolute Gasteiger partial charge is 0.311 e. The van der Waals surface area contributed by atoms with E-state index in [1.54, 1.807) is 12.1 Å². The molecule has 2 rings (SSSR count). The fourth-order valence-electron chi connectivity index (χ4n) is 2.60. The number of hydrogen-bond acceptors (Lipinski definition) is 1. The van der Waals surface area contributed by atoms with E-state index < -0.39 is 0 Å². The molecule has 15 heavy (non-hydrogen) atoms. The van der Waals surface area contributed by atoms with E-state index in [1.807, 2.05) is 13.0 Å². The quantitative estimate of drug-likeness (QED) is 0.746. The van der Waals surface area contributed by atoms with Gasteiger partial charge in [0.25, 0.3) is 0 Å². The van der Waals surface area contributed by atoms with Gasteiger partial charge in [-0.05, 0) is 57.0 Å². The molecular weight excluding hydrogens is 189 g/mol. The fraction of sp³-hybridized carbons (Fsp3) is 0.538. The van der Waals surface area contributed by atoms with Crippen LogP contribution in [0.5, 0.6) is 0 Å². The zero-order valence-corrected chi connectivity index (χ0v) is 9.60. The standard InChI is InChI=1S/C13H18FN/c1-9-8-10(14)4-5-11(9)12-6-7-15-13(12,2)3/h4-5,8,12,15H,6-7H2,1-3H3. The van der Waals surface area contributed by atoms with E-state index in [9.17, 15) is 4.39 Å². The number of benzene rings is 1. The summed E-state index contributed by atoms with van der Waals surface area (Å²) in [6, 6.07) is 5.13. The lowest BCUT2D eigenvalue weighted by Gasteiger charge is -2.28. The Morgan fingerprint density at radius 2 is 2.13 bits per heavy atom. The van der Waals surface area contributed by atoms with E-state index in [1.165, 1.54) is 5.56 Å². The first-order chi connectivity index (χ1) is 7.00. The normalized spacial score (nSPS) is 24.4. The summed E-state index contributed by atoms with van der Waals surface area (Å²) in [7, 11) is 0. The summed E-state index contributed by atoms with van der Waals surface area (Å²) < 4.78 is 13.0. The van der Waals surface area contributed by atoms with Gasteiger partial charge in [0.05, 0.1) is 0 Å². The van der Waals surface area contributed by atoms with E-state index >= 15 is 0 Å². The maximum Gasteiger partial charge on any atom is 0.123 e. The monoisotopic (exact) mass is 207 g/mol. The molecule has 1 N–H and O–H groups in total. The minimum atomic E-state index is -0.139. The molecular formula is C13H18FN. The molecule has 0 amide bonds. The summed E-state index contributed by atoms with van der Waals surface area (Å²) in [6.45, 7) is 7.47. The molecule has 1 fully saturated rings. The number of aryl methyl sites for hydroxylation is 1. The molecule has 1 aromatic rings. The second kappa shape index (κ2) is 3.60. The summed E-state index contributed by atoms with van der Waals surface area (Å²) >= 11 is 0. The fourth-order valence-corrected chi connectivity index (χ4v) is 2.60. The molecule has 1 aliphatic heterocycles. The van der Waals surface area contributed by atoms with Gasteiger partial charge in [-0.1, -0.05) is 6.07 Å². The van der Waals surface area contributed by atoms with Crippen molar-refractivity contribution in [1.82, 2.24) is 5.32 Å². The molecule has 1 atom stereocenters. The van der Waals surface area contributed by atoms with Gasteiger partial charge in [-0.15, -0.1) is 0 Å². The van der Waals surface area contributed by atoms with Crippen molar-refractivity contribution < 1.29 is 4.39 Å². The van der Waals surface area contributed by atoms with Crippen LogP contribution in [-0.2, 0) is 0 Å². The molecule has 82 valence electrons. The molecule has 2 heteroatoms. The summed E-state index contributed by atoms with van der Waals surface area (Å²) in [5, 5.41) is 3.49. The van der Waals surface area contributed by atoms with Crippen molar-refractivity contribution >= 4 is 0 Å². The molecule has 0 saturated carbocycles. The molecule has 0 aliphatic carbocycles. The third-order valence-electron chi connectivity index (χ3n) is 3.49. The Morgan fingerprint density at radius 1 is 1.40 bits per heavy atom. The van der Waals surface area contributed by atoms with E-state index in [2.05, 4.69) is 19.2 Å². The van der Waals surface area contributed by atoms with Crippen LogP contribution < -0.4 is 5.32 Å². The molecule has 1 saturated heterocycles. The highest BCUT2D eigenvalue weighted by molar-refractivity contribution is 5.33. The zero-order valence-electron chi connectivity index (χ0n) is 9.60. The van der Waals surface area contributed by atoms with Crippen molar-refractivity contribution in [3.8, 4) is 0 Å². The highest BCUT2D eigenvalue weighted by Gasteiger charge is 2.35. The van der Waals surface area contributed by atoms with Gasteiger partial charge in [-0.25, -0.2) is 4.39 Å². The third kappa shape index (κ3) is 1.91. The molecule has 0 aromatic heterocycles. The Hall–Kier alpha value is -0.890. The van der Waals surface area contributed by atoms with Crippen LogP contribution in [0.25, 0.3) is 0 Å². The van der Waals surface area contributed by atoms with Crippen LogP contribution in [0.1, 0.15) is 37.3 Å². The molecule has 1 unspecified atom stereocenters. The highest BCUT2D eigenvalue weighted by atomic mass is 19.1. The lowest BCUT2D eigenvalue weighted by atomic mass is 9.81. The number of rotatable bonds is 1. The average molecular weight is 207 g/mol. The smallest absolute Gasteiger partial charge is 0.123 e. The van der Waals surface area contributed by atoms with E-state index in [0.717, 1.165) is 18.5 Å². The van der Waals surface area contributed by atoms with Crippen molar-refractivity contribution in [2.75, 3.05) is 6.54 Å². The minimum absolute atomic E-state index is 0.128. The van der Waals surface area contributed by atoms with Crippen molar-refractivity contribution in [3.05, 3.63) is 35.1 Å². The predicted molar refractivity (Wildman–Crippen MR) is 60.6 cm³/mol. The van der Waals surface area contributed by atoms with Gasteiger partial charge >= 0.3 is 0 Å². The van der Waals surface area contributed by atoms with Crippen molar-refractivity contribution in [3.63, 3.8) is 0 Å². The van der Waals surface area contributed by atoms with E-state index in [4.69, 9.17) is 0 Å². The van der Waals surface area contributed by atoms with Gasteiger partial charge in [-0.3, -0.25) is 0 Å². The average Bonchev–Trinajstić information content (AvgIpc) is 2.46. The van der Waals surface area contributed by atoms with Crippen molar-refractivity contribution in [1.29, 1.82) is 0 Å². The van der Waals surface area contributed by atoms with Gasteiger partial charge in [0, 0.05) is 11.5 Å². The molecule has 1 aliphatic rings. The van der Waals surface area contributed by atoms with Gasteiger partial charge < -0.3 is 5.32 Å². The van der Waals surface area contributed by atoms with Crippen molar-refractivity contribution in [2.45, 2.75) is 38.6 Å². The third-order valence-corrected chi connectivity index (χ3v) is 3.49. The van der Waals surface area contributed by atoms with Gasteiger partial charge in [0.2, 0.25) is 0 Å². The number of hydrogen-bond donors (Lipinski definition) is 1. The minimum Gasteiger partial charge on any atom is -0.311 e. The van der Waals surface area contributed by atoms with E-state index in [-0.39, 0.29) is 11.4 Å². The highest BCUT2D eigenvalue weighted by Crippen LogP contribution is 2.36. The number of nitrogens with one attached hydrogen (secondary N) is 1. The molecule has 1 heterocycles. The van der Waals surface area contributed by atoms with Gasteiger partial charge in [-0.2, -0.15) is 0 Å². The Bertz CT molecular complexity index is 371. The maximum atomic E-state index is 13.0. The van der Waals surface area contributed by atoms with Gasteiger partial charge in [0.15, 0.2) is 0 Å². The van der Waals surface area contributed by atoms with Crippen LogP contribution in [0.15, 0.2) is 18.2 Å². The van der Waals surface area contributed by atoms with Crippen LogP contribution in [0.2, 0.25) is 0 Å². The Balaban J connectivity index is 2.37. The molecule has 1 aromatic carbocycles. The summed E-state index contributed by atoms with van der Waals surface area (Å²) in [5.74, 6) is 0.359. The molecule has 0 radical (unpaired) electrons. The second-order valence-corrected chi connectivity index (χ2v) is 4.99. The first-order valence-electron chi connectivity index (χ1n) is 5.52. The zero-order chi connectivity index (χ0) is 11.1. The summed E-state index contributed by atoms with van der Waals surface area (Å²) in [6.07, 6.45) is 1.14. The Morgan fingerprint density at radius 3 is 2.67 bits per heavy atom. The Labute approximate surface area is 90.7 Å². The second-order valence-electron chi connectivity index (χ2n) is 4.99. The van der Waals surface area contributed by atoms with Crippen LogP contribution in [-0.4, -0.2) is 12.1 Å². The number of halogens is 1. The van der Waals surface area contributed by atoms with Crippen molar-refractivity contribution in [2.24, 2.45) is 0 Å². The molecule has 0 bridgehead atoms. The summed E-state index contributed by atoms with van der Waals surface area (Å²) in [4.78, 5) is 0. The summed E-state index contributed by atoms with van der Waals surface area (Å²) in [5.41, 5.74) is 2.48. The maximum absolute atomic E-state index is 13.0. The van der Waals surface area contributed by atoms with Crippen LogP contribution >= 0.6 is 0 Å². The van der Waals surface area contributed by atoms with E-state index in [0.29, 0.717) is 5.92 Å². The predicted octanol–water partition coefficient (Wildman–Crippen LogP) is 2.99. The van der Waals surface area contributed by atoms with Gasteiger partial charge in [0.1, 0.15) is 5.82 Å². The molecule has 1 nitrogen and oxygen atoms in total. The van der Waals surface area contributed by atoms with Crippen LogP contribution in [0.4, 0.5) is 4.39 Å². The Kier molecular flexibility index (Phi) is 2.55. The lowest BCUT2D eigenvalue weighted by Crippen LogP contribution is -2.37. The van der Waals surface area contributed by atoms with Crippen LogP contribution in [0.3, 0.4) is 0 Å². The first-order valence-corrected chi connectivity index (χ1v) is 5.52. The lowest BCUT2D eigenvalue weighted by molar-refractivity contribution is 0.409. The molecule has 0 spiro atoms. The first kappa shape index (κ1) is 10.6. The SMILES string of the molecule is Cc1cc(F)ccc1C1CCNC1(C)C.